The number of pyridine rings is 1. The molecule has 0 fully saturated rings. The van der Waals surface area contributed by atoms with E-state index in [0.29, 0.717) is 5.15 Å². The van der Waals surface area contributed by atoms with Crippen LogP contribution in [0.1, 0.15) is 0 Å². The Bertz CT molecular complexity index is 272. The van der Waals surface area contributed by atoms with Crippen LogP contribution in [-0.4, -0.2) is 13.3 Å². The third-order valence-corrected chi connectivity index (χ3v) is 2.18. The monoisotopic (exact) mass is 201 g/mol. The summed E-state index contributed by atoms with van der Waals surface area (Å²) in [5.41, 5.74) is 0. The van der Waals surface area contributed by atoms with E-state index in [1.54, 1.807) is 12.3 Å². The molecule has 0 spiro atoms. The highest BCUT2D eigenvalue weighted by Gasteiger charge is 2.15. The molecular formula is C8H12ClNOSi. The van der Waals surface area contributed by atoms with Crippen LogP contribution in [0, 0.1) is 0 Å². The van der Waals surface area contributed by atoms with Gasteiger partial charge in [0.2, 0.25) is 8.32 Å². The fourth-order valence-corrected chi connectivity index (χ4v) is 1.80. The van der Waals surface area contributed by atoms with Gasteiger partial charge in [-0.15, -0.1) is 0 Å². The van der Waals surface area contributed by atoms with Gasteiger partial charge in [-0.05, 0) is 25.7 Å². The van der Waals surface area contributed by atoms with Gasteiger partial charge in [-0.3, -0.25) is 0 Å². The standard InChI is InChI=1S/C8H12ClNOSi/c1-12(2,3)11-7-4-5-10-8(9)6-7/h4-6H,1-3H3. The summed E-state index contributed by atoms with van der Waals surface area (Å²) in [5.74, 6) is 0.814. The summed E-state index contributed by atoms with van der Waals surface area (Å²) in [7, 11) is -1.51. The highest BCUT2D eigenvalue weighted by atomic mass is 35.5. The van der Waals surface area contributed by atoms with E-state index in [1.807, 2.05) is 6.07 Å². The largest absolute Gasteiger partial charge is 0.544 e. The lowest BCUT2D eigenvalue weighted by molar-refractivity contribution is 0.557. The lowest BCUT2D eigenvalue weighted by Gasteiger charge is -2.18. The van der Waals surface area contributed by atoms with Gasteiger partial charge in [0.05, 0.1) is 0 Å². The van der Waals surface area contributed by atoms with Gasteiger partial charge in [0, 0.05) is 12.3 Å². The van der Waals surface area contributed by atoms with Gasteiger partial charge in [0.15, 0.2) is 0 Å². The zero-order valence-corrected chi connectivity index (χ0v) is 9.22. The Morgan fingerprint density at radius 1 is 1.42 bits per heavy atom. The van der Waals surface area contributed by atoms with Crippen molar-refractivity contribution in [2.45, 2.75) is 19.6 Å². The van der Waals surface area contributed by atoms with Crippen molar-refractivity contribution >= 4 is 19.9 Å². The quantitative estimate of drug-likeness (QED) is 0.542. The van der Waals surface area contributed by atoms with Gasteiger partial charge < -0.3 is 4.43 Å². The summed E-state index contributed by atoms with van der Waals surface area (Å²) in [4.78, 5) is 3.87. The molecule has 1 aromatic heterocycles. The molecule has 0 unspecified atom stereocenters. The van der Waals surface area contributed by atoms with Crippen LogP contribution in [0.2, 0.25) is 24.8 Å². The second kappa shape index (κ2) is 3.45. The second-order valence-electron chi connectivity index (χ2n) is 3.53. The summed E-state index contributed by atoms with van der Waals surface area (Å²) >= 11 is 5.70. The van der Waals surface area contributed by atoms with Crippen molar-refractivity contribution < 1.29 is 4.43 Å². The Morgan fingerprint density at radius 2 is 2.08 bits per heavy atom. The summed E-state index contributed by atoms with van der Waals surface area (Å²) in [5, 5.41) is 0.478. The summed E-state index contributed by atoms with van der Waals surface area (Å²) < 4.78 is 5.70. The van der Waals surface area contributed by atoms with Crippen molar-refractivity contribution in [2.75, 3.05) is 0 Å². The number of hydrogen-bond acceptors (Lipinski definition) is 2. The number of hydrogen-bond donors (Lipinski definition) is 0. The number of rotatable bonds is 2. The lowest BCUT2D eigenvalue weighted by Crippen LogP contribution is -2.29. The van der Waals surface area contributed by atoms with E-state index in [9.17, 15) is 0 Å². The summed E-state index contributed by atoms with van der Waals surface area (Å²) in [6, 6.07) is 3.56. The molecule has 0 aliphatic carbocycles. The number of nitrogens with zero attached hydrogens (tertiary/aromatic N) is 1. The van der Waals surface area contributed by atoms with Crippen LogP contribution in [0.25, 0.3) is 0 Å². The third-order valence-electron chi connectivity index (χ3n) is 1.12. The maximum atomic E-state index is 5.70. The van der Waals surface area contributed by atoms with Crippen LogP contribution in [0.15, 0.2) is 18.3 Å². The molecule has 12 heavy (non-hydrogen) atoms. The zero-order chi connectivity index (χ0) is 9.19. The molecule has 0 amide bonds. The van der Waals surface area contributed by atoms with Crippen LogP contribution < -0.4 is 4.43 Å². The Labute approximate surface area is 78.7 Å². The van der Waals surface area contributed by atoms with Crippen molar-refractivity contribution in [1.29, 1.82) is 0 Å². The lowest BCUT2D eigenvalue weighted by atomic mass is 10.5. The minimum Gasteiger partial charge on any atom is -0.544 e. The first-order valence-corrected chi connectivity index (χ1v) is 7.56. The normalized spacial score (nSPS) is 11.3. The maximum Gasteiger partial charge on any atom is 0.242 e. The Morgan fingerprint density at radius 3 is 2.58 bits per heavy atom. The molecule has 2 nitrogen and oxygen atoms in total. The van der Waals surface area contributed by atoms with Crippen LogP contribution in [0.3, 0.4) is 0 Å². The van der Waals surface area contributed by atoms with Gasteiger partial charge >= 0.3 is 0 Å². The van der Waals surface area contributed by atoms with E-state index in [-0.39, 0.29) is 0 Å². The summed E-state index contributed by atoms with van der Waals surface area (Å²) in [6.07, 6.45) is 1.65. The number of halogens is 1. The van der Waals surface area contributed by atoms with Gasteiger partial charge in [-0.1, -0.05) is 11.6 Å². The summed E-state index contributed by atoms with van der Waals surface area (Å²) in [6.45, 7) is 6.38. The number of aromatic nitrogens is 1. The fourth-order valence-electron chi connectivity index (χ4n) is 0.802. The Balaban J connectivity index is 2.77. The van der Waals surface area contributed by atoms with Crippen molar-refractivity contribution in [2.24, 2.45) is 0 Å². The molecule has 0 aliphatic heterocycles. The molecule has 0 saturated carbocycles. The van der Waals surface area contributed by atoms with E-state index in [1.165, 1.54) is 0 Å². The van der Waals surface area contributed by atoms with Crippen molar-refractivity contribution in [3.8, 4) is 5.75 Å². The highest BCUT2D eigenvalue weighted by Crippen LogP contribution is 2.18. The van der Waals surface area contributed by atoms with E-state index >= 15 is 0 Å². The van der Waals surface area contributed by atoms with Crippen LogP contribution in [0.5, 0.6) is 5.75 Å². The molecule has 0 bridgehead atoms. The molecule has 0 N–H and O–H groups in total. The maximum absolute atomic E-state index is 5.70. The first kappa shape index (κ1) is 9.54. The minimum atomic E-state index is -1.51. The SMILES string of the molecule is C[Si](C)(C)Oc1ccnc(Cl)c1. The Kier molecular flexibility index (Phi) is 2.75. The van der Waals surface area contributed by atoms with Gasteiger partial charge in [-0.25, -0.2) is 4.98 Å². The molecule has 0 atom stereocenters. The van der Waals surface area contributed by atoms with E-state index in [0.717, 1.165) is 5.75 Å². The zero-order valence-electron chi connectivity index (χ0n) is 7.47. The molecule has 1 aromatic rings. The molecule has 66 valence electrons. The molecular weight excluding hydrogens is 190 g/mol. The second-order valence-corrected chi connectivity index (χ2v) is 8.34. The first-order valence-electron chi connectivity index (χ1n) is 3.78. The molecule has 0 radical (unpaired) electrons. The van der Waals surface area contributed by atoms with Crippen molar-refractivity contribution in [3.63, 3.8) is 0 Å². The molecule has 4 heteroatoms. The average molecular weight is 202 g/mol. The predicted octanol–water partition coefficient (Wildman–Crippen LogP) is 2.95. The van der Waals surface area contributed by atoms with Crippen LogP contribution in [-0.2, 0) is 0 Å². The highest BCUT2D eigenvalue weighted by molar-refractivity contribution is 6.70. The smallest absolute Gasteiger partial charge is 0.242 e. The van der Waals surface area contributed by atoms with E-state index in [4.69, 9.17) is 16.0 Å². The molecule has 1 heterocycles. The van der Waals surface area contributed by atoms with E-state index in [2.05, 4.69) is 24.6 Å². The van der Waals surface area contributed by atoms with E-state index < -0.39 is 8.32 Å². The fraction of sp³-hybridized carbons (Fsp3) is 0.375. The van der Waals surface area contributed by atoms with Gasteiger partial charge in [-0.2, -0.15) is 0 Å². The van der Waals surface area contributed by atoms with Gasteiger partial charge in [0.25, 0.3) is 0 Å². The molecule has 0 aromatic carbocycles. The van der Waals surface area contributed by atoms with Crippen molar-refractivity contribution in [1.82, 2.24) is 4.98 Å². The van der Waals surface area contributed by atoms with Crippen molar-refractivity contribution in [3.05, 3.63) is 23.5 Å². The predicted molar refractivity (Wildman–Crippen MR) is 53.2 cm³/mol. The molecule has 0 saturated heterocycles. The first-order chi connectivity index (χ1) is 5.47. The topological polar surface area (TPSA) is 22.1 Å². The van der Waals surface area contributed by atoms with Crippen LogP contribution >= 0.6 is 11.6 Å². The molecule has 0 aliphatic rings. The average Bonchev–Trinajstić information content (AvgIpc) is 1.82. The third kappa shape index (κ3) is 3.24. The van der Waals surface area contributed by atoms with Crippen LogP contribution in [0.4, 0.5) is 0 Å². The minimum absolute atomic E-state index is 0.478. The van der Waals surface area contributed by atoms with Gasteiger partial charge in [0.1, 0.15) is 10.9 Å². The Hall–Kier alpha value is -0.543. The molecule has 1 rings (SSSR count).